The first-order valence-electron chi connectivity index (χ1n) is 6.52. The van der Waals surface area contributed by atoms with Crippen molar-refractivity contribution < 1.29 is 9.47 Å². The van der Waals surface area contributed by atoms with Crippen LogP contribution in [0.2, 0.25) is 0 Å². The van der Waals surface area contributed by atoms with Crippen molar-refractivity contribution in [2.24, 2.45) is 0 Å². The summed E-state index contributed by atoms with van der Waals surface area (Å²) >= 11 is 0. The monoisotopic (exact) mass is 256 g/mol. The minimum atomic E-state index is -0.464. The molecule has 2 rings (SSSR count). The maximum absolute atomic E-state index is 5.92. The van der Waals surface area contributed by atoms with Gasteiger partial charge in [-0.2, -0.15) is 0 Å². The molecule has 2 aromatic carbocycles. The number of hydrogen-bond acceptors (Lipinski definition) is 2. The fraction of sp³-hybridized carbons (Fsp3) is 0.294. The molecule has 0 aromatic heterocycles. The Bertz CT molecular complexity index is 516. The smallest absolute Gasteiger partial charge is 0.125 e. The van der Waals surface area contributed by atoms with Gasteiger partial charge in [0.1, 0.15) is 11.4 Å². The Morgan fingerprint density at radius 2 is 1.53 bits per heavy atom. The highest BCUT2D eigenvalue weighted by molar-refractivity contribution is 5.45. The second-order valence-electron chi connectivity index (χ2n) is 4.45. The van der Waals surface area contributed by atoms with Gasteiger partial charge in [0.05, 0.1) is 7.11 Å². The Labute approximate surface area is 115 Å². The molecule has 2 heteroatoms. The van der Waals surface area contributed by atoms with Gasteiger partial charge in [0.15, 0.2) is 0 Å². The van der Waals surface area contributed by atoms with Crippen LogP contribution in [0.15, 0.2) is 54.6 Å². The molecule has 1 unspecified atom stereocenters. The Morgan fingerprint density at radius 1 is 0.895 bits per heavy atom. The second-order valence-corrected chi connectivity index (χ2v) is 4.45. The van der Waals surface area contributed by atoms with Crippen LogP contribution in [0, 0.1) is 0 Å². The Hall–Kier alpha value is -1.80. The third-order valence-corrected chi connectivity index (χ3v) is 3.63. The van der Waals surface area contributed by atoms with Crippen molar-refractivity contribution in [2.75, 3.05) is 14.2 Å². The molecular weight excluding hydrogens is 236 g/mol. The van der Waals surface area contributed by atoms with Crippen LogP contribution < -0.4 is 4.74 Å². The lowest BCUT2D eigenvalue weighted by molar-refractivity contribution is 0.0167. The first kappa shape index (κ1) is 13.6. The molecule has 0 spiro atoms. The van der Waals surface area contributed by atoms with Crippen molar-refractivity contribution in [3.63, 3.8) is 0 Å². The van der Waals surface area contributed by atoms with Crippen LogP contribution in [-0.4, -0.2) is 14.2 Å². The summed E-state index contributed by atoms with van der Waals surface area (Å²) in [7, 11) is 3.45. The molecule has 0 N–H and O–H groups in total. The Kier molecular flexibility index (Phi) is 4.23. The highest BCUT2D eigenvalue weighted by atomic mass is 16.5. The zero-order chi connectivity index (χ0) is 13.7. The molecular formula is C17H20O2. The zero-order valence-corrected chi connectivity index (χ0v) is 11.7. The summed E-state index contributed by atoms with van der Waals surface area (Å²) in [5, 5.41) is 0. The summed E-state index contributed by atoms with van der Waals surface area (Å²) in [6.07, 6.45) is 0.841. The van der Waals surface area contributed by atoms with Gasteiger partial charge in [0.25, 0.3) is 0 Å². The van der Waals surface area contributed by atoms with E-state index in [-0.39, 0.29) is 0 Å². The molecule has 0 aliphatic rings. The van der Waals surface area contributed by atoms with Gasteiger partial charge in [-0.25, -0.2) is 0 Å². The molecule has 2 aromatic rings. The van der Waals surface area contributed by atoms with Crippen LogP contribution in [0.25, 0.3) is 0 Å². The standard InChI is InChI=1S/C17H20O2/c1-4-17(19-3,14-10-6-5-7-11-14)15-12-8-9-13-16(15)18-2/h5-13H,4H2,1-3H3. The highest BCUT2D eigenvalue weighted by Crippen LogP contribution is 2.40. The molecule has 2 nitrogen and oxygen atoms in total. The largest absolute Gasteiger partial charge is 0.496 e. The Balaban J connectivity index is 2.63. The lowest BCUT2D eigenvalue weighted by Gasteiger charge is -2.33. The average molecular weight is 256 g/mol. The summed E-state index contributed by atoms with van der Waals surface area (Å²) < 4.78 is 11.4. The van der Waals surface area contributed by atoms with Crippen molar-refractivity contribution in [3.05, 3.63) is 65.7 Å². The lowest BCUT2D eigenvalue weighted by Crippen LogP contribution is -2.29. The third-order valence-electron chi connectivity index (χ3n) is 3.63. The normalized spacial score (nSPS) is 13.8. The van der Waals surface area contributed by atoms with Crippen molar-refractivity contribution in [2.45, 2.75) is 18.9 Å². The molecule has 100 valence electrons. The van der Waals surface area contributed by atoms with Crippen molar-refractivity contribution >= 4 is 0 Å². The Morgan fingerprint density at radius 3 is 2.11 bits per heavy atom. The molecule has 0 fully saturated rings. The van der Waals surface area contributed by atoms with Crippen LogP contribution >= 0.6 is 0 Å². The fourth-order valence-electron chi connectivity index (χ4n) is 2.61. The number of hydrogen-bond donors (Lipinski definition) is 0. The van der Waals surface area contributed by atoms with Gasteiger partial charge in [-0.15, -0.1) is 0 Å². The topological polar surface area (TPSA) is 18.5 Å². The number of para-hydroxylation sites is 1. The van der Waals surface area contributed by atoms with Crippen LogP contribution in [0.4, 0.5) is 0 Å². The maximum Gasteiger partial charge on any atom is 0.125 e. The molecule has 1 atom stereocenters. The number of methoxy groups -OCH3 is 2. The van der Waals surface area contributed by atoms with E-state index in [0.29, 0.717) is 0 Å². The van der Waals surface area contributed by atoms with E-state index in [9.17, 15) is 0 Å². The van der Waals surface area contributed by atoms with E-state index in [1.807, 2.05) is 36.4 Å². The molecule has 0 aliphatic carbocycles. The number of benzene rings is 2. The molecule has 19 heavy (non-hydrogen) atoms. The molecule has 0 radical (unpaired) electrons. The van der Waals surface area contributed by atoms with E-state index in [4.69, 9.17) is 9.47 Å². The van der Waals surface area contributed by atoms with E-state index >= 15 is 0 Å². The number of rotatable bonds is 5. The summed E-state index contributed by atoms with van der Waals surface area (Å²) in [4.78, 5) is 0. The predicted molar refractivity (Wildman–Crippen MR) is 77.5 cm³/mol. The van der Waals surface area contributed by atoms with Crippen LogP contribution in [-0.2, 0) is 10.3 Å². The third kappa shape index (κ3) is 2.36. The molecule has 0 bridgehead atoms. The maximum atomic E-state index is 5.92. The van der Waals surface area contributed by atoms with Gasteiger partial charge in [-0.05, 0) is 18.1 Å². The van der Waals surface area contributed by atoms with Gasteiger partial charge >= 0.3 is 0 Å². The minimum absolute atomic E-state index is 0.464. The van der Waals surface area contributed by atoms with Crippen molar-refractivity contribution in [1.29, 1.82) is 0 Å². The predicted octanol–water partition coefficient (Wildman–Crippen LogP) is 4.00. The van der Waals surface area contributed by atoms with E-state index in [1.54, 1.807) is 14.2 Å². The lowest BCUT2D eigenvalue weighted by atomic mass is 9.83. The van der Waals surface area contributed by atoms with E-state index < -0.39 is 5.60 Å². The second kappa shape index (κ2) is 5.89. The van der Waals surface area contributed by atoms with Gasteiger partial charge in [-0.1, -0.05) is 55.5 Å². The summed E-state index contributed by atoms with van der Waals surface area (Å²) in [5.41, 5.74) is 1.74. The molecule has 0 amide bonds. The molecule has 0 saturated heterocycles. The summed E-state index contributed by atoms with van der Waals surface area (Å²) in [6.45, 7) is 2.13. The van der Waals surface area contributed by atoms with E-state index in [1.165, 1.54) is 0 Å². The first-order valence-corrected chi connectivity index (χ1v) is 6.52. The van der Waals surface area contributed by atoms with Gasteiger partial charge < -0.3 is 9.47 Å². The minimum Gasteiger partial charge on any atom is -0.496 e. The molecule has 0 aliphatic heterocycles. The van der Waals surface area contributed by atoms with Crippen LogP contribution in [0.5, 0.6) is 5.75 Å². The van der Waals surface area contributed by atoms with Gasteiger partial charge in [0, 0.05) is 12.7 Å². The summed E-state index contributed by atoms with van der Waals surface area (Å²) in [5.74, 6) is 0.857. The van der Waals surface area contributed by atoms with Gasteiger partial charge in [-0.3, -0.25) is 0 Å². The summed E-state index contributed by atoms with van der Waals surface area (Å²) in [6, 6.07) is 18.3. The van der Waals surface area contributed by atoms with Crippen molar-refractivity contribution in [1.82, 2.24) is 0 Å². The van der Waals surface area contributed by atoms with Gasteiger partial charge in [0.2, 0.25) is 0 Å². The van der Waals surface area contributed by atoms with E-state index in [2.05, 4.69) is 25.1 Å². The van der Waals surface area contributed by atoms with Crippen molar-refractivity contribution in [3.8, 4) is 5.75 Å². The quantitative estimate of drug-likeness (QED) is 0.805. The number of ether oxygens (including phenoxy) is 2. The average Bonchev–Trinajstić information content (AvgIpc) is 2.51. The van der Waals surface area contributed by atoms with Crippen LogP contribution in [0.1, 0.15) is 24.5 Å². The van der Waals surface area contributed by atoms with E-state index in [0.717, 1.165) is 23.3 Å². The molecule has 0 heterocycles. The first-order chi connectivity index (χ1) is 9.28. The molecule has 0 saturated carbocycles. The fourth-order valence-corrected chi connectivity index (χ4v) is 2.61. The highest BCUT2D eigenvalue weighted by Gasteiger charge is 2.34. The zero-order valence-electron chi connectivity index (χ0n) is 11.7. The SMILES string of the molecule is CCC(OC)(c1ccccc1)c1ccccc1OC. The van der Waals surface area contributed by atoms with Crippen LogP contribution in [0.3, 0.4) is 0 Å².